The number of anilines is 1. The highest BCUT2D eigenvalue weighted by molar-refractivity contribution is 5.87. The fraction of sp³-hybridized carbons (Fsp3) is 0.526. The smallest absolute Gasteiger partial charge is 0.241 e. The van der Waals surface area contributed by atoms with Crippen LogP contribution in [0.25, 0.3) is 0 Å². The molecule has 0 aliphatic heterocycles. The summed E-state index contributed by atoms with van der Waals surface area (Å²) in [5.41, 5.74) is 6.73. The normalized spacial score (nSPS) is 15.8. The molecule has 1 aromatic carbocycles. The maximum absolute atomic E-state index is 12.1. The van der Waals surface area contributed by atoms with E-state index in [1.165, 1.54) is 32.1 Å². The van der Waals surface area contributed by atoms with Gasteiger partial charge in [0.2, 0.25) is 11.8 Å². The van der Waals surface area contributed by atoms with Crippen LogP contribution in [0.4, 0.5) is 5.69 Å². The maximum atomic E-state index is 12.1. The lowest BCUT2D eigenvalue weighted by Gasteiger charge is -2.22. The number of primary amides is 1. The van der Waals surface area contributed by atoms with Crippen LogP contribution in [-0.4, -0.2) is 24.4 Å². The molecule has 1 aliphatic carbocycles. The van der Waals surface area contributed by atoms with E-state index in [0.29, 0.717) is 17.9 Å². The summed E-state index contributed by atoms with van der Waals surface area (Å²) in [6, 6.07) is 8.16. The first-order valence-electron chi connectivity index (χ1n) is 8.91. The molecule has 1 saturated carbocycles. The van der Waals surface area contributed by atoms with Crippen LogP contribution in [0.5, 0.6) is 0 Å². The Morgan fingerprint density at radius 3 is 2.48 bits per heavy atom. The van der Waals surface area contributed by atoms with Gasteiger partial charge in [-0.05, 0) is 36.6 Å². The first-order chi connectivity index (χ1) is 12.1. The Kier molecular flexibility index (Phi) is 7.27. The molecule has 6 heteroatoms. The fourth-order valence-corrected chi connectivity index (χ4v) is 3.18. The molecule has 1 atom stereocenters. The second-order valence-corrected chi connectivity index (χ2v) is 6.64. The first kappa shape index (κ1) is 18.8. The summed E-state index contributed by atoms with van der Waals surface area (Å²) < 4.78 is 0. The standard InChI is InChI=1S/C19H26N4O2/c20-12-15-6-9-16(10-7-15)22-13-17(19(21)25)23-18(24)11-8-14-4-2-1-3-5-14/h6-7,9-10,14,17,22H,1-5,8,11,13H2,(H2,21,25)(H,23,24). The average molecular weight is 342 g/mol. The predicted molar refractivity (Wildman–Crippen MR) is 96.6 cm³/mol. The molecule has 25 heavy (non-hydrogen) atoms. The van der Waals surface area contributed by atoms with Gasteiger partial charge in [0.05, 0.1) is 11.6 Å². The number of carbonyl (C=O) groups is 2. The SMILES string of the molecule is N#Cc1ccc(NCC(NC(=O)CCC2CCCCC2)C(N)=O)cc1. The molecule has 2 amide bonds. The van der Waals surface area contributed by atoms with Crippen molar-refractivity contribution in [3.05, 3.63) is 29.8 Å². The van der Waals surface area contributed by atoms with E-state index in [2.05, 4.69) is 10.6 Å². The Bertz CT molecular complexity index is 615. The summed E-state index contributed by atoms with van der Waals surface area (Å²) >= 11 is 0. The van der Waals surface area contributed by atoms with Gasteiger partial charge in [-0.15, -0.1) is 0 Å². The Balaban J connectivity index is 1.77. The molecule has 0 saturated heterocycles. The van der Waals surface area contributed by atoms with E-state index in [-0.39, 0.29) is 12.5 Å². The monoisotopic (exact) mass is 342 g/mol. The highest BCUT2D eigenvalue weighted by Crippen LogP contribution is 2.27. The van der Waals surface area contributed by atoms with Crippen LogP contribution < -0.4 is 16.4 Å². The summed E-state index contributed by atoms with van der Waals surface area (Å²) in [5, 5.41) is 14.6. The van der Waals surface area contributed by atoms with E-state index in [4.69, 9.17) is 11.0 Å². The molecule has 1 aromatic rings. The molecule has 6 nitrogen and oxygen atoms in total. The van der Waals surface area contributed by atoms with Gasteiger partial charge in [-0.3, -0.25) is 9.59 Å². The number of nitrogens with two attached hydrogens (primary N) is 1. The number of nitrogens with one attached hydrogen (secondary N) is 2. The second-order valence-electron chi connectivity index (χ2n) is 6.64. The van der Waals surface area contributed by atoms with Crippen LogP contribution >= 0.6 is 0 Å². The molecule has 1 unspecified atom stereocenters. The Morgan fingerprint density at radius 2 is 1.88 bits per heavy atom. The lowest BCUT2D eigenvalue weighted by atomic mass is 9.86. The van der Waals surface area contributed by atoms with E-state index in [1.54, 1.807) is 24.3 Å². The number of carbonyl (C=O) groups excluding carboxylic acids is 2. The number of amides is 2. The lowest BCUT2D eigenvalue weighted by molar-refractivity contribution is -0.127. The quantitative estimate of drug-likeness (QED) is 0.673. The highest BCUT2D eigenvalue weighted by Gasteiger charge is 2.19. The largest absolute Gasteiger partial charge is 0.382 e. The molecule has 0 radical (unpaired) electrons. The number of rotatable bonds is 8. The molecule has 4 N–H and O–H groups in total. The van der Waals surface area contributed by atoms with Crippen molar-refractivity contribution in [3.63, 3.8) is 0 Å². The summed E-state index contributed by atoms with van der Waals surface area (Å²) in [6.45, 7) is 0.219. The number of nitrogens with zero attached hydrogens (tertiary/aromatic N) is 1. The minimum absolute atomic E-state index is 0.129. The van der Waals surface area contributed by atoms with Crippen molar-refractivity contribution in [2.45, 2.75) is 51.0 Å². The van der Waals surface area contributed by atoms with Gasteiger partial charge in [-0.25, -0.2) is 0 Å². The molecule has 0 bridgehead atoms. The van der Waals surface area contributed by atoms with Crippen LogP contribution in [0.3, 0.4) is 0 Å². The number of hydrogen-bond donors (Lipinski definition) is 3. The van der Waals surface area contributed by atoms with Crippen molar-refractivity contribution in [3.8, 4) is 6.07 Å². The molecule has 1 fully saturated rings. The molecule has 134 valence electrons. The van der Waals surface area contributed by atoms with Crippen LogP contribution in [0.1, 0.15) is 50.5 Å². The van der Waals surface area contributed by atoms with Crippen LogP contribution in [0.2, 0.25) is 0 Å². The van der Waals surface area contributed by atoms with Gasteiger partial charge in [0.1, 0.15) is 6.04 Å². The lowest BCUT2D eigenvalue weighted by Crippen LogP contribution is -2.48. The van der Waals surface area contributed by atoms with E-state index in [9.17, 15) is 9.59 Å². The van der Waals surface area contributed by atoms with Crippen molar-refractivity contribution < 1.29 is 9.59 Å². The fourth-order valence-electron chi connectivity index (χ4n) is 3.18. The van der Waals surface area contributed by atoms with Gasteiger partial charge in [0, 0.05) is 18.7 Å². The van der Waals surface area contributed by atoms with Gasteiger partial charge in [-0.1, -0.05) is 32.1 Å². The van der Waals surface area contributed by atoms with Crippen molar-refractivity contribution in [1.82, 2.24) is 5.32 Å². The van der Waals surface area contributed by atoms with E-state index in [1.807, 2.05) is 6.07 Å². The predicted octanol–water partition coefficient (Wildman–Crippen LogP) is 2.30. The summed E-state index contributed by atoms with van der Waals surface area (Å²) in [4.78, 5) is 23.7. The van der Waals surface area contributed by atoms with E-state index < -0.39 is 11.9 Å². The van der Waals surface area contributed by atoms with E-state index in [0.717, 1.165) is 12.1 Å². The summed E-state index contributed by atoms with van der Waals surface area (Å²) in [6.07, 6.45) is 7.52. The second kappa shape index (κ2) is 9.67. The average Bonchev–Trinajstić information content (AvgIpc) is 2.64. The molecular formula is C19H26N4O2. The van der Waals surface area contributed by atoms with Crippen LogP contribution in [0, 0.1) is 17.2 Å². The molecule has 2 rings (SSSR count). The third-order valence-corrected chi connectivity index (χ3v) is 4.71. The van der Waals surface area contributed by atoms with Crippen LogP contribution in [0.15, 0.2) is 24.3 Å². The topological polar surface area (TPSA) is 108 Å². The summed E-state index contributed by atoms with van der Waals surface area (Å²) in [5.74, 6) is -0.0635. The third-order valence-electron chi connectivity index (χ3n) is 4.71. The van der Waals surface area contributed by atoms with Crippen molar-refractivity contribution in [2.75, 3.05) is 11.9 Å². The Labute approximate surface area is 148 Å². The molecule has 0 aromatic heterocycles. The van der Waals surface area contributed by atoms with Crippen molar-refractivity contribution in [2.24, 2.45) is 11.7 Å². The zero-order chi connectivity index (χ0) is 18.1. The summed E-state index contributed by atoms with van der Waals surface area (Å²) in [7, 11) is 0. The molecule has 0 heterocycles. The first-order valence-corrected chi connectivity index (χ1v) is 8.91. The molecule has 1 aliphatic rings. The highest BCUT2D eigenvalue weighted by atomic mass is 16.2. The number of benzene rings is 1. The molecule has 0 spiro atoms. The van der Waals surface area contributed by atoms with Gasteiger partial charge in [0.25, 0.3) is 0 Å². The number of nitriles is 1. The number of hydrogen-bond acceptors (Lipinski definition) is 4. The van der Waals surface area contributed by atoms with Gasteiger partial charge < -0.3 is 16.4 Å². The maximum Gasteiger partial charge on any atom is 0.241 e. The Hall–Kier alpha value is -2.55. The zero-order valence-corrected chi connectivity index (χ0v) is 14.5. The van der Waals surface area contributed by atoms with Crippen LogP contribution in [-0.2, 0) is 9.59 Å². The minimum Gasteiger partial charge on any atom is -0.382 e. The van der Waals surface area contributed by atoms with Gasteiger partial charge in [-0.2, -0.15) is 5.26 Å². The zero-order valence-electron chi connectivity index (χ0n) is 14.5. The Morgan fingerprint density at radius 1 is 1.20 bits per heavy atom. The van der Waals surface area contributed by atoms with Gasteiger partial charge in [0.15, 0.2) is 0 Å². The van der Waals surface area contributed by atoms with Crippen molar-refractivity contribution in [1.29, 1.82) is 5.26 Å². The van der Waals surface area contributed by atoms with Gasteiger partial charge >= 0.3 is 0 Å². The molecular weight excluding hydrogens is 316 g/mol. The van der Waals surface area contributed by atoms with E-state index >= 15 is 0 Å². The minimum atomic E-state index is -0.755. The van der Waals surface area contributed by atoms with Crippen molar-refractivity contribution >= 4 is 17.5 Å². The third kappa shape index (κ3) is 6.46.